The molecule has 4 rings (SSSR count). The molecule has 0 aromatic carbocycles. The average Bonchev–Trinajstić information content (AvgIpc) is 3.15. The third-order valence-corrected chi connectivity index (χ3v) is 10.7. The molecule has 0 aromatic rings. The summed E-state index contributed by atoms with van der Waals surface area (Å²) in [5, 5.41) is 3.40. The molecule has 4 aliphatic rings. The van der Waals surface area contributed by atoms with E-state index in [2.05, 4.69) is 38.9 Å². The summed E-state index contributed by atoms with van der Waals surface area (Å²) in [4.78, 5) is 0. The van der Waals surface area contributed by atoms with Crippen molar-refractivity contribution in [3.8, 4) is 0 Å². The fraction of sp³-hybridized carbons (Fsp3) is 0.929. The molecule has 166 valence electrons. The summed E-state index contributed by atoms with van der Waals surface area (Å²) in [6, 6.07) is 0.694. The maximum atomic E-state index is 4.02. The molecule has 0 aliphatic heterocycles. The van der Waals surface area contributed by atoms with Crippen LogP contribution in [0, 0.1) is 46.8 Å². The van der Waals surface area contributed by atoms with Crippen molar-refractivity contribution in [3.05, 3.63) is 12.7 Å². The van der Waals surface area contributed by atoms with Crippen LogP contribution in [0.3, 0.4) is 0 Å². The van der Waals surface area contributed by atoms with E-state index in [4.69, 9.17) is 0 Å². The highest BCUT2D eigenvalue weighted by Crippen LogP contribution is 2.64. The van der Waals surface area contributed by atoms with Gasteiger partial charge in [0.2, 0.25) is 0 Å². The van der Waals surface area contributed by atoms with Gasteiger partial charge in [-0.05, 0) is 131 Å². The molecule has 0 amide bonds. The lowest BCUT2D eigenvalue weighted by molar-refractivity contribution is -0.0964. The summed E-state index contributed by atoms with van der Waals surface area (Å²) in [7, 11) is 2.10. The number of hydrogen-bond donors (Lipinski definition) is 1. The van der Waals surface area contributed by atoms with Gasteiger partial charge in [-0.3, -0.25) is 0 Å². The zero-order valence-electron chi connectivity index (χ0n) is 19.8. The van der Waals surface area contributed by atoms with Crippen LogP contribution in [-0.4, -0.2) is 13.1 Å². The maximum Gasteiger partial charge on any atom is 0.00357 e. The zero-order valence-corrected chi connectivity index (χ0v) is 19.8. The van der Waals surface area contributed by atoms with Crippen LogP contribution in [0.25, 0.3) is 0 Å². The van der Waals surface area contributed by atoms with Crippen molar-refractivity contribution in [1.82, 2.24) is 5.32 Å². The molecule has 4 fully saturated rings. The summed E-state index contributed by atoms with van der Waals surface area (Å²) >= 11 is 0. The van der Waals surface area contributed by atoms with Crippen LogP contribution in [0.1, 0.15) is 104 Å². The monoisotopic (exact) mass is 399 g/mol. The molecule has 9 atom stereocenters. The Labute approximate surface area is 181 Å². The minimum Gasteiger partial charge on any atom is -0.317 e. The molecule has 1 heteroatoms. The highest BCUT2D eigenvalue weighted by Gasteiger charge is 2.56. The van der Waals surface area contributed by atoms with Crippen molar-refractivity contribution in [2.45, 2.75) is 110 Å². The summed E-state index contributed by atoms with van der Waals surface area (Å²) in [6.07, 6.45) is 23.1. The first kappa shape index (κ1) is 21.9. The van der Waals surface area contributed by atoms with Crippen LogP contribution in [0.5, 0.6) is 0 Å². The molecular weight excluding hydrogens is 350 g/mol. The van der Waals surface area contributed by atoms with Gasteiger partial charge < -0.3 is 5.32 Å². The third-order valence-electron chi connectivity index (χ3n) is 10.7. The quantitative estimate of drug-likeness (QED) is 0.327. The first-order valence-corrected chi connectivity index (χ1v) is 13.3. The molecule has 0 spiro atoms. The lowest BCUT2D eigenvalue weighted by atomic mass is 9.46. The summed E-state index contributed by atoms with van der Waals surface area (Å²) in [5.74, 6) is 7.36. The Morgan fingerprint density at radius 2 is 1.79 bits per heavy atom. The molecular formula is C28H49N. The highest BCUT2D eigenvalue weighted by atomic mass is 14.8. The summed E-state index contributed by atoms with van der Waals surface area (Å²) in [5.41, 5.74) is 0.674. The Hall–Kier alpha value is -0.300. The average molecular weight is 400 g/mol. The number of unbranched alkanes of at least 4 members (excludes halogenated alkanes) is 1. The van der Waals surface area contributed by atoms with Crippen LogP contribution >= 0.6 is 0 Å². The molecule has 0 bridgehead atoms. The van der Waals surface area contributed by atoms with Crippen molar-refractivity contribution >= 4 is 0 Å². The van der Waals surface area contributed by atoms with E-state index in [1.807, 2.05) is 0 Å². The first-order valence-electron chi connectivity index (χ1n) is 13.3. The van der Waals surface area contributed by atoms with Crippen molar-refractivity contribution in [3.63, 3.8) is 0 Å². The molecule has 0 radical (unpaired) electrons. The Morgan fingerprint density at radius 3 is 2.59 bits per heavy atom. The smallest absolute Gasteiger partial charge is 0.00357 e. The second-order valence-corrected chi connectivity index (χ2v) is 11.9. The van der Waals surface area contributed by atoms with Gasteiger partial charge in [-0.25, -0.2) is 0 Å². The molecule has 1 nitrogen and oxygen atoms in total. The van der Waals surface area contributed by atoms with Gasteiger partial charge >= 0.3 is 0 Å². The van der Waals surface area contributed by atoms with E-state index in [1.165, 1.54) is 51.4 Å². The van der Waals surface area contributed by atoms with E-state index in [0.29, 0.717) is 11.5 Å². The molecule has 0 aromatic heterocycles. The highest BCUT2D eigenvalue weighted by molar-refractivity contribution is 5.05. The predicted octanol–water partition coefficient (Wildman–Crippen LogP) is 7.62. The minimum atomic E-state index is 0.674. The van der Waals surface area contributed by atoms with E-state index >= 15 is 0 Å². The number of allylic oxidation sites excluding steroid dienone is 1. The van der Waals surface area contributed by atoms with Crippen molar-refractivity contribution in [2.24, 2.45) is 46.8 Å². The Kier molecular flexibility index (Phi) is 7.14. The van der Waals surface area contributed by atoms with Gasteiger partial charge in [0.25, 0.3) is 0 Å². The first-order chi connectivity index (χ1) is 14.1. The van der Waals surface area contributed by atoms with Gasteiger partial charge in [-0.2, -0.15) is 0 Å². The van der Waals surface area contributed by atoms with E-state index in [1.54, 1.807) is 38.5 Å². The van der Waals surface area contributed by atoms with Gasteiger partial charge in [0.05, 0.1) is 0 Å². The number of nitrogens with one attached hydrogen (secondary N) is 1. The van der Waals surface area contributed by atoms with Gasteiger partial charge in [0.15, 0.2) is 0 Å². The van der Waals surface area contributed by atoms with Gasteiger partial charge in [-0.15, -0.1) is 6.58 Å². The maximum absolute atomic E-state index is 4.02. The molecule has 0 heterocycles. The molecule has 4 aliphatic carbocycles. The SMILES string of the molecule is C=CCC1CCC2(C)C(CCC3C4CCC(CCCCC(C)NC)C4CCC32)C1. The Bertz CT molecular complexity index is 540. The predicted molar refractivity (Wildman–Crippen MR) is 126 cm³/mol. The zero-order chi connectivity index (χ0) is 20.4. The lowest BCUT2D eigenvalue weighted by Crippen LogP contribution is -2.51. The fourth-order valence-electron chi connectivity index (χ4n) is 8.93. The molecule has 29 heavy (non-hydrogen) atoms. The molecule has 9 unspecified atom stereocenters. The number of hydrogen-bond acceptors (Lipinski definition) is 1. The van der Waals surface area contributed by atoms with E-state index < -0.39 is 0 Å². The second-order valence-electron chi connectivity index (χ2n) is 11.9. The Balaban J connectivity index is 1.33. The Morgan fingerprint density at radius 1 is 1.00 bits per heavy atom. The fourth-order valence-corrected chi connectivity index (χ4v) is 8.93. The van der Waals surface area contributed by atoms with Crippen LogP contribution < -0.4 is 5.32 Å². The van der Waals surface area contributed by atoms with Crippen LogP contribution in [0.4, 0.5) is 0 Å². The molecule has 0 saturated heterocycles. The van der Waals surface area contributed by atoms with Crippen LogP contribution in [-0.2, 0) is 0 Å². The summed E-state index contributed by atoms with van der Waals surface area (Å²) in [6.45, 7) is 9.08. The molecule has 4 saturated carbocycles. The standard InChI is InChI=1S/C28H49N/c1-5-8-21-17-18-28(3)23(19-21)12-14-26-25-13-11-22(24(25)15-16-27(26)28)10-7-6-9-20(2)29-4/h5,20-27,29H,1,6-19H2,2-4H3. The largest absolute Gasteiger partial charge is 0.317 e. The van der Waals surface area contributed by atoms with Gasteiger partial charge in [0.1, 0.15) is 0 Å². The molecule has 1 N–H and O–H groups in total. The minimum absolute atomic E-state index is 0.674. The van der Waals surface area contributed by atoms with Crippen molar-refractivity contribution in [2.75, 3.05) is 7.05 Å². The topological polar surface area (TPSA) is 12.0 Å². The van der Waals surface area contributed by atoms with E-state index in [9.17, 15) is 0 Å². The van der Waals surface area contributed by atoms with Gasteiger partial charge in [0, 0.05) is 6.04 Å². The van der Waals surface area contributed by atoms with Crippen LogP contribution in [0.15, 0.2) is 12.7 Å². The number of fused-ring (bicyclic) bond motifs is 5. The second kappa shape index (κ2) is 9.46. The van der Waals surface area contributed by atoms with Crippen molar-refractivity contribution in [1.29, 1.82) is 0 Å². The summed E-state index contributed by atoms with van der Waals surface area (Å²) < 4.78 is 0. The number of rotatable bonds is 8. The third kappa shape index (κ3) is 4.37. The normalized spacial score (nSPS) is 45.1. The van der Waals surface area contributed by atoms with E-state index in [0.717, 1.165) is 41.4 Å². The van der Waals surface area contributed by atoms with E-state index in [-0.39, 0.29) is 0 Å². The van der Waals surface area contributed by atoms with Crippen LogP contribution in [0.2, 0.25) is 0 Å². The van der Waals surface area contributed by atoms with Gasteiger partial charge in [-0.1, -0.05) is 32.3 Å². The van der Waals surface area contributed by atoms with Crippen molar-refractivity contribution < 1.29 is 0 Å². The lowest BCUT2D eigenvalue weighted by Gasteiger charge is -2.59.